The number of thioether (sulfide) groups is 2. The van der Waals surface area contributed by atoms with Gasteiger partial charge in [0.1, 0.15) is 0 Å². The lowest BCUT2D eigenvalue weighted by Gasteiger charge is -2.25. The van der Waals surface area contributed by atoms with Crippen LogP contribution in [-0.4, -0.2) is 40.5 Å². The minimum absolute atomic E-state index is 0.0705. The van der Waals surface area contributed by atoms with Crippen molar-refractivity contribution in [3.8, 4) is 0 Å². The molecule has 0 spiro atoms. The summed E-state index contributed by atoms with van der Waals surface area (Å²) in [7, 11) is 0. The molecule has 16 heavy (non-hydrogen) atoms. The van der Waals surface area contributed by atoms with E-state index in [0.717, 1.165) is 38.0 Å². The fraction of sp³-hybridized carbons (Fsp3) is 0.909. The molecule has 3 nitrogen and oxygen atoms in total. The highest BCUT2D eigenvalue weighted by atomic mass is 32.2. The van der Waals surface area contributed by atoms with Crippen LogP contribution in [0.3, 0.4) is 0 Å². The molecule has 0 radical (unpaired) electrons. The van der Waals surface area contributed by atoms with Crippen molar-refractivity contribution in [2.45, 2.75) is 36.5 Å². The summed E-state index contributed by atoms with van der Waals surface area (Å²) < 4.78 is 0. The highest BCUT2D eigenvalue weighted by molar-refractivity contribution is 8.06. The van der Waals surface area contributed by atoms with E-state index in [2.05, 4.69) is 5.32 Å². The van der Waals surface area contributed by atoms with E-state index in [4.69, 9.17) is 5.73 Å². The zero-order valence-electron chi connectivity index (χ0n) is 9.54. The van der Waals surface area contributed by atoms with Crippen LogP contribution in [0.2, 0.25) is 0 Å². The smallest absolute Gasteiger partial charge is 0.240 e. The summed E-state index contributed by atoms with van der Waals surface area (Å²) in [5, 5.41) is 3.61. The van der Waals surface area contributed by atoms with Gasteiger partial charge in [0, 0.05) is 29.1 Å². The lowest BCUT2D eigenvalue weighted by atomic mass is 9.98. The van der Waals surface area contributed by atoms with Crippen molar-refractivity contribution >= 4 is 29.4 Å². The summed E-state index contributed by atoms with van der Waals surface area (Å²) in [5.74, 6) is 3.68. The van der Waals surface area contributed by atoms with E-state index in [9.17, 15) is 4.79 Å². The van der Waals surface area contributed by atoms with Crippen LogP contribution in [0.1, 0.15) is 25.7 Å². The molecule has 1 unspecified atom stereocenters. The van der Waals surface area contributed by atoms with Gasteiger partial charge in [0.2, 0.25) is 5.91 Å². The molecule has 0 aromatic carbocycles. The molecular weight excluding hydrogens is 240 g/mol. The number of amides is 1. The maximum atomic E-state index is 12.0. The van der Waals surface area contributed by atoms with Crippen molar-refractivity contribution in [1.82, 2.24) is 5.32 Å². The molecule has 2 fully saturated rings. The van der Waals surface area contributed by atoms with Crippen molar-refractivity contribution in [2.75, 3.05) is 23.8 Å². The summed E-state index contributed by atoms with van der Waals surface area (Å²) in [5.41, 5.74) is 5.53. The largest absolute Gasteiger partial charge is 0.353 e. The third kappa shape index (κ3) is 3.08. The minimum Gasteiger partial charge on any atom is -0.353 e. The molecule has 0 aromatic rings. The number of carbonyl (C=O) groups excluding carboxylic acids is 1. The Morgan fingerprint density at radius 1 is 1.38 bits per heavy atom. The first-order valence-corrected chi connectivity index (χ1v) is 8.18. The summed E-state index contributed by atoms with van der Waals surface area (Å²) in [6.07, 6.45) is 3.90. The quantitative estimate of drug-likeness (QED) is 0.801. The number of nitrogens with one attached hydrogen (secondary N) is 1. The molecule has 1 saturated carbocycles. The highest BCUT2D eigenvalue weighted by Gasteiger charge is 2.36. The van der Waals surface area contributed by atoms with E-state index >= 15 is 0 Å². The second kappa shape index (κ2) is 5.65. The molecule has 1 aliphatic heterocycles. The Balaban J connectivity index is 1.74. The number of hydrogen-bond acceptors (Lipinski definition) is 4. The van der Waals surface area contributed by atoms with Gasteiger partial charge < -0.3 is 11.1 Å². The van der Waals surface area contributed by atoms with E-state index in [0.29, 0.717) is 5.25 Å². The van der Waals surface area contributed by atoms with Crippen molar-refractivity contribution in [3.63, 3.8) is 0 Å². The lowest BCUT2D eigenvalue weighted by molar-refractivity contribution is -0.126. The first kappa shape index (κ1) is 12.6. The van der Waals surface area contributed by atoms with Crippen LogP contribution in [0, 0.1) is 0 Å². The molecule has 1 amide bonds. The molecule has 5 heteroatoms. The molecule has 0 aromatic heterocycles. The second-order valence-electron chi connectivity index (χ2n) is 4.64. The Bertz CT molecular complexity index is 248. The Kier molecular flexibility index (Phi) is 4.44. The molecule has 1 heterocycles. The number of carbonyl (C=O) groups is 1. The van der Waals surface area contributed by atoms with Gasteiger partial charge in [0.25, 0.3) is 0 Å². The van der Waals surface area contributed by atoms with E-state index in [1.165, 1.54) is 11.5 Å². The zero-order chi connectivity index (χ0) is 11.4. The van der Waals surface area contributed by atoms with E-state index < -0.39 is 5.54 Å². The van der Waals surface area contributed by atoms with Gasteiger partial charge in [-0.05, 0) is 12.8 Å². The normalized spacial score (nSPS) is 28.9. The van der Waals surface area contributed by atoms with Crippen molar-refractivity contribution in [3.05, 3.63) is 0 Å². The fourth-order valence-electron chi connectivity index (χ4n) is 2.27. The van der Waals surface area contributed by atoms with Crippen LogP contribution in [0.4, 0.5) is 0 Å². The van der Waals surface area contributed by atoms with Crippen LogP contribution < -0.4 is 11.1 Å². The van der Waals surface area contributed by atoms with E-state index in [1.54, 1.807) is 0 Å². The van der Waals surface area contributed by atoms with Crippen molar-refractivity contribution in [2.24, 2.45) is 5.73 Å². The number of hydrogen-bond donors (Lipinski definition) is 2. The Morgan fingerprint density at radius 2 is 2.12 bits per heavy atom. The molecule has 2 aliphatic rings. The Hall–Kier alpha value is 0.130. The molecule has 2 rings (SSSR count). The molecule has 1 atom stereocenters. The predicted molar refractivity (Wildman–Crippen MR) is 72.0 cm³/mol. The van der Waals surface area contributed by atoms with Gasteiger partial charge in [0.05, 0.1) is 5.54 Å². The predicted octanol–water partition coefficient (Wildman–Crippen LogP) is 1.22. The topological polar surface area (TPSA) is 55.1 Å². The lowest BCUT2D eigenvalue weighted by Crippen LogP contribution is -2.53. The monoisotopic (exact) mass is 260 g/mol. The van der Waals surface area contributed by atoms with Crippen LogP contribution in [-0.2, 0) is 4.79 Å². The first-order valence-electron chi connectivity index (χ1n) is 5.97. The third-order valence-electron chi connectivity index (χ3n) is 3.32. The number of rotatable bonds is 3. The maximum absolute atomic E-state index is 12.0. The van der Waals surface area contributed by atoms with Gasteiger partial charge in [-0.15, -0.1) is 0 Å². The third-order valence-corrected chi connectivity index (χ3v) is 6.17. The Morgan fingerprint density at radius 3 is 2.75 bits per heavy atom. The summed E-state index contributed by atoms with van der Waals surface area (Å²) in [6.45, 7) is 0.787. The highest BCUT2D eigenvalue weighted by Crippen LogP contribution is 2.28. The van der Waals surface area contributed by atoms with Crippen LogP contribution >= 0.6 is 23.5 Å². The maximum Gasteiger partial charge on any atom is 0.240 e. The molecule has 1 aliphatic carbocycles. The SMILES string of the molecule is NC1(C(=O)NCC2CSCCS2)CCCC1. The first-order chi connectivity index (χ1) is 7.71. The van der Waals surface area contributed by atoms with Gasteiger partial charge >= 0.3 is 0 Å². The fourth-order valence-corrected chi connectivity index (χ4v) is 4.88. The summed E-state index contributed by atoms with van der Waals surface area (Å²) in [6, 6.07) is 0. The molecule has 1 saturated heterocycles. The summed E-state index contributed by atoms with van der Waals surface area (Å²) in [4.78, 5) is 12.0. The van der Waals surface area contributed by atoms with Gasteiger partial charge in [-0.3, -0.25) is 4.79 Å². The zero-order valence-corrected chi connectivity index (χ0v) is 11.2. The van der Waals surface area contributed by atoms with Crippen molar-refractivity contribution in [1.29, 1.82) is 0 Å². The van der Waals surface area contributed by atoms with Gasteiger partial charge in [0.15, 0.2) is 0 Å². The Labute approximate surface area is 106 Å². The van der Waals surface area contributed by atoms with Gasteiger partial charge in [-0.1, -0.05) is 12.8 Å². The summed E-state index contributed by atoms with van der Waals surface area (Å²) >= 11 is 3.95. The van der Waals surface area contributed by atoms with Crippen LogP contribution in [0.5, 0.6) is 0 Å². The molecule has 3 N–H and O–H groups in total. The van der Waals surface area contributed by atoms with E-state index in [1.807, 2.05) is 23.5 Å². The molecular formula is C11H20N2OS2. The number of nitrogens with two attached hydrogens (primary N) is 1. The minimum atomic E-state index is -0.563. The van der Waals surface area contributed by atoms with E-state index in [-0.39, 0.29) is 5.91 Å². The second-order valence-corrected chi connectivity index (χ2v) is 7.20. The standard InChI is InChI=1S/C11H20N2OS2/c12-11(3-1-2-4-11)10(14)13-7-9-8-15-5-6-16-9/h9H,1-8,12H2,(H,13,14). The van der Waals surface area contributed by atoms with Crippen molar-refractivity contribution < 1.29 is 4.79 Å². The van der Waals surface area contributed by atoms with Gasteiger partial charge in [-0.2, -0.15) is 23.5 Å². The molecule has 92 valence electrons. The van der Waals surface area contributed by atoms with Crippen LogP contribution in [0.25, 0.3) is 0 Å². The average molecular weight is 260 g/mol. The molecule has 0 bridgehead atoms. The van der Waals surface area contributed by atoms with Gasteiger partial charge in [-0.25, -0.2) is 0 Å². The van der Waals surface area contributed by atoms with Crippen LogP contribution in [0.15, 0.2) is 0 Å². The average Bonchev–Trinajstić information content (AvgIpc) is 2.76.